The summed E-state index contributed by atoms with van der Waals surface area (Å²) in [7, 11) is 7.21. The van der Waals surface area contributed by atoms with Gasteiger partial charge in [-0.05, 0) is 43.8 Å². The van der Waals surface area contributed by atoms with Crippen LogP contribution in [0.1, 0.15) is 23.6 Å². The van der Waals surface area contributed by atoms with E-state index in [1.165, 1.54) is 0 Å². The standard InChI is InChI=1S/C25H33N3O4/c1-27(2)21(19-8-6-5-7-9-19)16-26-25(30)20-15-24(29)28(17-20)13-12-18-10-11-22(31-3)23(14-18)32-4/h5-11,14,20-21H,12-13,15-17H2,1-4H3,(H,26,30)/t20-,21+/m0/s1. The quantitative estimate of drug-likeness (QED) is 0.616. The number of hydrogen-bond donors (Lipinski definition) is 1. The summed E-state index contributed by atoms with van der Waals surface area (Å²) < 4.78 is 10.6. The number of likely N-dealkylation sites (N-methyl/N-ethyl adjacent to an activating group) is 1. The number of carbonyl (C=O) groups is 2. The summed E-state index contributed by atoms with van der Waals surface area (Å²) in [6, 6.07) is 15.9. The van der Waals surface area contributed by atoms with E-state index in [0.717, 1.165) is 11.1 Å². The van der Waals surface area contributed by atoms with Gasteiger partial charge in [0.2, 0.25) is 11.8 Å². The van der Waals surface area contributed by atoms with Gasteiger partial charge in [-0.3, -0.25) is 9.59 Å². The van der Waals surface area contributed by atoms with E-state index < -0.39 is 0 Å². The number of nitrogens with zero attached hydrogens (tertiary/aromatic N) is 2. The molecular formula is C25H33N3O4. The molecule has 0 aliphatic carbocycles. The molecule has 2 amide bonds. The van der Waals surface area contributed by atoms with Crippen LogP contribution in [-0.4, -0.2) is 69.6 Å². The second kappa shape index (κ2) is 11.0. The van der Waals surface area contributed by atoms with Gasteiger partial charge in [-0.25, -0.2) is 0 Å². The number of rotatable bonds is 10. The highest BCUT2D eigenvalue weighted by Crippen LogP contribution is 2.28. The lowest BCUT2D eigenvalue weighted by Crippen LogP contribution is -2.38. The lowest BCUT2D eigenvalue weighted by atomic mass is 10.0. The third-order valence-corrected chi connectivity index (χ3v) is 5.98. The topological polar surface area (TPSA) is 71.1 Å². The Morgan fingerprint density at radius 2 is 1.84 bits per heavy atom. The summed E-state index contributed by atoms with van der Waals surface area (Å²) in [5, 5.41) is 3.06. The molecule has 0 bridgehead atoms. The van der Waals surface area contributed by atoms with Crippen molar-refractivity contribution >= 4 is 11.8 Å². The van der Waals surface area contributed by atoms with E-state index in [0.29, 0.717) is 37.6 Å². The molecule has 0 saturated carbocycles. The first-order valence-corrected chi connectivity index (χ1v) is 10.9. The maximum absolute atomic E-state index is 12.8. The van der Waals surface area contributed by atoms with Crippen molar-refractivity contribution in [3.8, 4) is 11.5 Å². The molecule has 1 saturated heterocycles. The molecule has 7 nitrogen and oxygen atoms in total. The van der Waals surface area contributed by atoms with Crippen LogP contribution in [0.25, 0.3) is 0 Å². The van der Waals surface area contributed by atoms with Crippen LogP contribution in [0, 0.1) is 5.92 Å². The lowest BCUT2D eigenvalue weighted by Gasteiger charge is -2.25. The number of methoxy groups -OCH3 is 2. The smallest absolute Gasteiger partial charge is 0.225 e. The van der Waals surface area contributed by atoms with Gasteiger partial charge in [-0.15, -0.1) is 0 Å². The first kappa shape index (κ1) is 23.6. The maximum Gasteiger partial charge on any atom is 0.225 e. The number of amides is 2. The van der Waals surface area contributed by atoms with Crippen LogP contribution in [0.15, 0.2) is 48.5 Å². The number of hydrogen-bond acceptors (Lipinski definition) is 5. The average molecular weight is 440 g/mol. The Kier molecular flexibility index (Phi) is 8.11. The highest BCUT2D eigenvalue weighted by atomic mass is 16.5. The van der Waals surface area contributed by atoms with Gasteiger partial charge in [-0.2, -0.15) is 0 Å². The average Bonchev–Trinajstić information content (AvgIpc) is 3.18. The summed E-state index contributed by atoms with van der Waals surface area (Å²) in [5.41, 5.74) is 2.21. The third-order valence-electron chi connectivity index (χ3n) is 5.98. The van der Waals surface area contributed by atoms with Gasteiger partial charge in [0.15, 0.2) is 11.5 Å². The van der Waals surface area contributed by atoms with Crippen molar-refractivity contribution in [3.63, 3.8) is 0 Å². The number of benzene rings is 2. The highest BCUT2D eigenvalue weighted by molar-refractivity contribution is 5.89. The number of ether oxygens (including phenoxy) is 2. The van der Waals surface area contributed by atoms with Crippen LogP contribution in [0.5, 0.6) is 11.5 Å². The van der Waals surface area contributed by atoms with Crippen LogP contribution in [0.2, 0.25) is 0 Å². The first-order chi connectivity index (χ1) is 15.4. The van der Waals surface area contributed by atoms with Gasteiger partial charge in [-0.1, -0.05) is 36.4 Å². The number of nitrogens with one attached hydrogen (secondary N) is 1. The number of carbonyl (C=O) groups excluding carboxylic acids is 2. The molecule has 2 atom stereocenters. The van der Waals surface area contributed by atoms with Crippen LogP contribution in [-0.2, 0) is 16.0 Å². The van der Waals surface area contributed by atoms with E-state index in [-0.39, 0.29) is 30.2 Å². The predicted octanol–water partition coefficient (Wildman–Crippen LogP) is 2.51. The molecule has 3 rings (SSSR count). The zero-order chi connectivity index (χ0) is 23.1. The van der Waals surface area contributed by atoms with E-state index in [4.69, 9.17) is 9.47 Å². The van der Waals surface area contributed by atoms with E-state index in [9.17, 15) is 9.59 Å². The Hall–Kier alpha value is -3.06. The minimum atomic E-state index is -0.313. The molecule has 0 radical (unpaired) electrons. The van der Waals surface area contributed by atoms with Crippen molar-refractivity contribution in [1.29, 1.82) is 0 Å². The fourth-order valence-corrected chi connectivity index (χ4v) is 4.08. The third kappa shape index (κ3) is 5.79. The lowest BCUT2D eigenvalue weighted by molar-refractivity contribution is -0.129. The molecule has 1 fully saturated rings. The molecule has 7 heteroatoms. The van der Waals surface area contributed by atoms with Gasteiger partial charge in [0.1, 0.15) is 0 Å². The molecule has 1 aliphatic heterocycles. The maximum atomic E-state index is 12.8. The first-order valence-electron chi connectivity index (χ1n) is 10.9. The van der Waals surface area contributed by atoms with Crippen molar-refractivity contribution in [2.75, 3.05) is 47.9 Å². The molecular weight excluding hydrogens is 406 g/mol. The Balaban J connectivity index is 1.53. The largest absolute Gasteiger partial charge is 0.493 e. The van der Waals surface area contributed by atoms with Crippen molar-refractivity contribution in [1.82, 2.24) is 15.1 Å². The van der Waals surface area contributed by atoms with E-state index in [1.54, 1.807) is 19.1 Å². The van der Waals surface area contributed by atoms with Crippen LogP contribution in [0.3, 0.4) is 0 Å². The minimum Gasteiger partial charge on any atom is -0.493 e. The van der Waals surface area contributed by atoms with E-state index in [2.05, 4.69) is 22.3 Å². The summed E-state index contributed by atoms with van der Waals surface area (Å²) in [5.74, 6) is 1.000. The summed E-state index contributed by atoms with van der Waals surface area (Å²) in [6.07, 6.45) is 0.951. The molecule has 0 unspecified atom stereocenters. The molecule has 2 aromatic rings. The zero-order valence-electron chi connectivity index (χ0n) is 19.3. The second-order valence-corrected chi connectivity index (χ2v) is 8.32. The summed E-state index contributed by atoms with van der Waals surface area (Å²) >= 11 is 0. The predicted molar refractivity (Wildman–Crippen MR) is 124 cm³/mol. The molecule has 0 spiro atoms. The normalized spacial score (nSPS) is 16.8. The Morgan fingerprint density at radius 3 is 2.50 bits per heavy atom. The van der Waals surface area contributed by atoms with E-state index >= 15 is 0 Å². The van der Waals surface area contributed by atoms with Crippen LogP contribution >= 0.6 is 0 Å². The molecule has 32 heavy (non-hydrogen) atoms. The van der Waals surface area contributed by atoms with Crippen LogP contribution in [0.4, 0.5) is 0 Å². The van der Waals surface area contributed by atoms with Crippen molar-refractivity contribution in [3.05, 3.63) is 59.7 Å². The highest BCUT2D eigenvalue weighted by Gasteiger charge is 2.34. The van der Waals surface area contributed by atoms with Gasteiger partial charge < -0.3 is 24.6 Å². The molecule has 0 aromatic heterocycles. The molecule has 1 N–H and O–H groups in total. The molecule has 1 heterocycles. The van der Waals surface area contributed by atoms with Gasteiger partial charge in [0.25, 0.3) is 0 Å². The summed E-state index contributed by atoms with van der Waals surface area (Å²) in [4.78, 5) is 29.1. The van der Waals surface area contributed by atoms with E-state index in [1.807, 2.05) is 50.5 Å². The fraction of sp³-hybridized carbons (Fsp3) is 0.440. The van der Waals surface area contributed by atoms with Crippen LogP contribution < -0.4 is 14.8 Å². The SMILES string of the molecule is COc1ccc(CCN2C[C@@H](C(=O)NC[C@H](c3ccccc3)N(C)C)CC2=O)cc1OC. The zero-order valence-corrected chi connectivity index (χ0v) is 19.3. The number of likely N-dealkylation sites (tertiary alicyclic amines) is 1. The molecule has 172 valence electrons. The Morgan fingerprint density at radius 1 is 1.12 bits per heavy atom. The monoisotopic (exact) mass is 439 g/mol. The van der Waals surface area contributed by atoms with Gasteiger partial charge in [0.05, 0.1) is 26.2 Å². The minimum absolute atomic E-state index is 0.0258. The van der Waals surface area contributed by atoms with Crippen molar-refractivity contribution < 1.29 is 19.1 Å². The van der Waals surface area contributed by atoms with Gasteiger partial charge in [0, 0.05) is 26.1 Å². The second-order valence-electron chi connectivity index (χ2n) is 8.32. The summed E-state index contributed by atoms with van der Waals surface area (Å²) in [6.45, 7) is 1.53. The Labute approximate surface area is 190 Å². The fourth-order valence-electron chi connectivity index (χ4n) is 4.08. The Bertz CT molecular complexity index is 917. The van der Waals surface area contributed by atoms with Crippen molar-refractivity contribution in [2.45, 2.75) is 18.9 Å². The molecule has 2 aromatic carbocycles. The van der Waals surface area contributed by atoms with Gasteiger partial charge >= 0.3 is 0 Å². The van der Waals surface area contributed by atoms with Crippen molar-refractivity contribution in [2.24, 2.45) is 5.92 Å². The molecule has 1 aliphatic rings.